The molecule has 29 heavy (non-hydrogen) atoms. The number of hydrogen-bond donors (Lipinski definition) is 0. The third-order valence-electron chi connectivity index (χ3n) is 5.28. The second-order valence-electron chi connectivity index (χ2n) is 7.09. The number of fused-ring (bicyclic) bond motifs is 2. The smallest absolute Gasteiger partial charge is 0.255 e. The second-order valence-corrected chi connectivity index (χ2v) is 7.09. The van der Waals surface area contributed by atoms with Gasteiger partial charge in [0.15, 0.2) is 0 Å². The fraction of sp³-hybridized carbons (Fsp3) is 0.136. The van der Waals surface area contributed by atoms with Crippen molar-refractivity contribution in [3.63, 3.8) is 0 Å². The van der Waals surface area contributed by atoms with Crippen molar-refractivity contribution in [3.8, 4) is 5.69 Å². The first kappa shape index (κ1) is 17.4. The van der Waals surface area contributed by atoms with Crippen molar-refractivity contribution in [2.75, 3.05) is 6.54 Å². The molecular weight excluding hydrogens is 371 g/mol. The topological polar surface area (TPSA) is 59.6 Å². The number of imidazole rings is 1. The van der Waals surface area contributed by atoms with Crippen molar-refractivity contribution in [2.24, 2.45) is 0 Å². The minimum atomic E-state index is -0.356. The van der Waals surface area contributed by atoms with Crippen molar-refractivity contribution in [2.45, 2.75) is 13.0 Å². The highest BCUT2D eigenvalue weighted by atomic mass is 19.1. The van der Waals surface area contributed by atoms with E-state index in [-0.39, 0.29) is 17.3 Å². The van der Waals surface area contributed by atoms with Gasteiger partial charge in [0.25, 0.3) is 11.5 Å². The Balaban J connectivity index is 1.46. The maximum absolute atomic E-state index is 13.2. The van der Waals surface area contributed by atoms with Crippen molar-refractivity contribution < 1.29 is 9.18 Å². The predicted molar refractivity (Wildman–Crippen MR) is 106 cm³/mol. The Bertz CT molecular complexity index is 1290. The normalized spacial score (nSPS) is 13.5. The molecule has 7 heteroatoms. The van der Waals surface area contributed by atoms with Gasteiger partial charge in [0.05, 0.1) is 0 Å². The number of nitrogens with zero attached hydrogens (tertiary/aromatic N) is 4. The van der Waals surface area contributed by atoms with Gasteiger partial charge in [-0.2, -0.15) is 0 Å². The molecule has 0 unspecified atom stereocenters. The minimum Gasteiger partial charge on any atom is -0.334 e. The number of hydrogen-bond acceptors (Lipinski definition) is 3. The number of amides is 1. The summed E-state index contributed by atoms with van der Waals surface area (Å²) < 4.78 is 16.6. The van der Waals surface area contributed by atoms with Crippen LogP contribution in [0.1, 0.15) is 21.5 Å². The molecule has 0 fully saturated rings. The standard InChI is InChI=1S/C22H17FN4O2/c23-18-1-3-19(4-2-18)27-14-17-13-26(9-5-15(17)12-21(27)28)22(29)16-6-8-25-10-7-24-20(25)11-16/h1-4,6-8,10-12,14H,5,9,13H2. The van der Waals surface area contributed by atoms with Gasteiger partial charge in [-0.15, -0.1) is 0 Å². The highest BCUT2D eigenvalue weighted by Gasteiger charge is 2.23. The van der Waals surface area contributed by atoms with Gasteiger partial charge in [-0.05, 0) is 53.9 Å². The van der Waals surface area contributed by atoms with E-state index >= 15 is 0 Å². The van der Waals surface area contributed by atoms with Gasteiger partial charge in [-0.25, -0.2) is 9.37 Å². The van der Waals surface area contributed by atoms with Crippen LogP contribution < -0.4 is 5.56 Å². The van der Waals surface area contributed by atoms with Gasteiger partial charge < -0.3 is 9.30 Å². The van der Waals surface area contributed by atoms with Crippen LogP contribution in [0.5, 0.6) is 0 Å². The molecule has 144 valence electrons. The van der Waals surface area contributed by atoms with Gasteiger partial charge in [0.1, 0.15) is 11.5 Å². The Hall–Kier alpha value is -3.74. The minimum absolute atomic E-state index is 0.0688. The summed E-state index contributed by atoms with van der Waals surface area (Å²) in [5.41, 5.74) is 3.58. The lowest BCUT2D eigenvalue weighted by molar-refractivity contribution is 0.0734. The molecule has 4 heterocycles. The molecule has 0 atom stereocenters. The van der Waals surface area contributed by atoms with E-state index in [4.69, 9.17) is 0 Å². The third-order valence-corrected chi connectivity index (χ3v) is 5.28. The lowest BCUT2D eigenvalue weighted by Gasteiger charge is -2.29. The lowest BCUT2D eigenvalue weighted by atomic mass is 10.0. The first-order chi connectivity index (χ1) is 14.1. The molecular formula is C22H17FN4O2. The number of carbonyl (C=O) groups is 1. The second kappa shape index (κ2) is 6.70. The van der Waals surface area contributed by atoms with E-state index < -0.39 is 0 Å². The van der Waals surface area contributed by atoms with Crippen molar-refractivity contribution in [1.29, 1.82) is 0 Å². The molecule has 0 saturated heterocycles. The average molecular weight is 388 g/mol. The summed E-state index contributed by atoms with van der Waals surface area (Å²) in [5, 5.41) is 0. The van der Waals surface area contributed by atoms with Gasteiger partial charge >= 0.3 is 0 Å². The highest BCUT2D eigenvalue weighted by Crippen LogP contribution is 2.21. The number of aromatic nitrogens is 3. The Labute approximate surface area is 165 Å². The van der Waals surface area contributed by atoms with Crippen LogP contribution in [0.4, 0.5) is 4.39 Å². The van der Waals surface area contributed by atoms with E-state index in [1.165, 1.54) is 16.7 Å². The van der Waals surface area contributed by atoms with Crippen molar-refractivity contribution in [1.82, 2.24) is 18.9 Å². The quantitative estimate of drug-likeness (QED) is 0.531. The first-order valence-corrected chi connectivity index (χ1v) is 9.31. The van der Waals surface area contributed by atoms with Gasteiger partial charge in [-0.3, -0.25) is 14.2 Å². The molecule has 1 aliphatic heterocycles. The Kier molecular flexibility index (Phi) is 4.01. The number of carbonyl (C=O) groups excluding carboxylic acids is 1. The maximum Gasteiger partial charge on any atom is 0.255 e. The molecule has 3 aromatic heterocycles. The van der Waals surface area contributed by atoms with E-state index in [2.05, 4.69) is 4.98 Å². The number of benzene rings is 1. The number of rotatable bonds is 2. The molecule has 1 aliphatic rings. The SMILES string of the molecule is O=C(c1ccn2ccnc2c1)N1CCc2cc(=O)n(-c3ccc(F)cc3)cc2C1. The molecule has 0 radical (unpaired) electrons. The van der Waals surface area contributed by atoms with Gasteiger partial charge in [-0.1, -0.05) is 0 Å². The summed E-state index contributed by atoms with van der Waals surface area (Å²) in [7, 11) is 0. The molecule has 6 nitrogen and oxygen atoms in total. The van der Waals surface area contributed by atoms with E-state index in [1.54, 1.807) is 47.6 Å². The molecule has 1 amide bonds. The fourth-order valence-electron chi connectivity index (χ4n) is 3.73. The molecule has 5 rings (SSSR count). The fourth-order valence-corrected chi connectivity index (χ4v) is 3.73. The van der Waals surface area contributed by atoms with Gasteiger partial charge in [0, 0.05) is 55.2 Å². The van der Waals surface area contributed by atoms with Crippen LogP contribution in [-0.2, 0) is 13.0 Å². The zero-order chi connectivity index (χ0) is 20.0. The highest BCUT2D eigenvalue weighted by molar-refractivity contribution is 5.95. The lowest BCUT2D eigenvalue weighted by Crippen LogP contribution is -2.37. The Morgan fingerprint density at radius 1 is 1.03 bits per heavy atom. The van der Waals surface area contributed by atoms with Gasteiger partial charge in [0.2, 0.25) is 0 Å². The summed E-state index contributed by atoms with van der Waals surface area (Å²) in [5.74, 6) is -0.424. The molecule has 0 aliphatic carbocycles. The molecule has 0 spiro atoms. The average Bonchev–Trinajstić information content (AvgIpc) is 3.21. The zero-order valence-electron chi connectivity index (χ0n) is 15.5. The monoisotopic (exact) mass is 388 g/mol. The van der Waals surface area contributed by atoms with E-state index in [9.17, 15) is 14.0 Å². The first-order valence-electron chi connectivity index (χ1n) is 9.31. The Morgan fingerprint density at radius 3 is 2.69 bits per heavy atom. The summed E-state index contributed by atoms with van der Waals surface area (Å²) in [6.45, 7) is 0.959. The van der Waals surface area contributed by atoms with Crippen LogP contribution in [0.3, 0.4) is 0 Å². The third kappa shape index (κ3) is 3.10. The maximum atomic E-state index is 13.2. The molecule has 1 aromatic carbocycles. The molecule has 0 bridgehead atoms. The summed E-state index contributed by atoms with van der Waals surface area (Å²) in [4.78, 5) is 31.5. The zero-order valence-corrected chi connectivity index (χ0v) is 15.5. The van der Waals surface area contributed by atoms with Crippen LogP contribution >= 0.6 is 0 Å². The Morgan fingerprint density at radius 2 is 1.86 bits per heavy atom. The summed E-state index contributed by atoms with van der Waals surface area (Å²) in [6, 6.07) is 10.9. The molecule has 0 saturated carbocycles. The number of halogens is 1. The predicted octanol–water partition coefficient (Wildman–Crippen LogP) is 2.82. The largest absolute Gasteiger partial charge is 0.334 e. The molecule has 4 aromatic rings. The summed E-state index contributed by atoms with van der Waals surface area (Å²) >= 11 is 0. The van der Waals surface area contributed by atoms with E-state index in [0.29, 0.717) is 30.8 Å². The van der Waals surface area contributed by atoms with Crippen LogP contribution in [0.2, 0.25) is 0 Å². The molecule has 0 N–H and O–H groups in total. The van der Waals surface area contributed by atoms with Crippen molar-refractivity contribution >= 4 is 11.6 Å². The number of pyridine rings is 2. The van der Waals surface area contributed by atoms with E-state index in [1.807, 2.05) is 16.8 Å². The van der Waals surface area contributed by atoms with Crippen LogP contribution in [0, 0.1) is 5.82 Å². The van der Waals surface area contributed by atoms with Crippen LogP contribution in [0.15, 0.2) is 72.0 Å². The van der Waals surface area contributed by atoms with Crippen molar-refractivity contribution in [3.05, 3.63) is 100 Å². The van der Waals surface area contributed by atoms with Crippen LogP contribution in [-0.4, -0.2) is 31.3 Å². The van der Waals surface area contributed by atoms with Crippen LogP contribution in [0.25, 0.3) is 11.3 Å². The van der Waals surface area contributed by atoms with E-state index in [0.717, 1.165) is 16.8 Å². The summed E-state index contributed by atoms with van der Waals surface area (Å²) in [6.07, 6.45) is 7.71.